The summed E-state index contributed by atoms with van der Waals surface area (Å²) in [6.45, 7) is 1.97. The summed E-state index contributed by atoms with van der Waals surface area (Å²) < 4.78 is 0. The standard InChI is InChI=1S/C17H21N3O.C4H4O4/c18-11-12-19-17(21)14-20(16-9-5-2-6-10-16)13-15-7-3-1-4-8-15;5-3(6)1-2-4(7)8/h1-10H,11-14,18H2,(H,19,21);1-2H,(H,5,6)(H,7,8)/b;2-1+. The molecule has 0 saturated heterocycles. The van der Waals surface area contributed by atoms with Crippen LogP contribution in [0, 0.1) is 0 Å². The number of aliphatic carboxylic acids is 2. The van der Waals surface area contributed by atoms with Crippen molar-refractivity contribution in [1.29, 1.82) is 0 Å². The summed E-state index contributed by atoms with van der Waals surface area (Å²) in [7, 11) is 0. The molecule has 0 heterocycles. The fraction of sp³-hybridized carbons (Fsp3) is 0.190. The first kappa shape index (κ1) is 23.4. The number of carboxylic acid groups (broad SMARTS) is 2. The number of hydrogen-bond acceptors (Lipinski definition) is 5. The molecule has 2 aromatic rings. The second kappa shape index (κ2) is 13.5. The Morgan fingerprint density at radius 3 is 1.90 bits per heavy atom. The van der Waals surface area contributed by atoms with Crippen LogP contribution in [0.3, 0.4) is 0 Å². The van der Waals surface area contributed by atoms with Crippen molar-refractivity contribution < 1.29 is 24.6 Å². The van der Waals surface area contributed by atoms with Crippen molar-refractivity contribution in [2.45, 2.75) is 6.54 Å². The molecule has 0 aromatic heterocycles. The molecule has 8 heteroatoms. The van der Waals surface area contributed by atoms with Crippen molar-refractivity contribution in [1.82, 2.24) is 5.32 Å². The Labute approximate surface area is 169 Å². The van der Waals surface area contributed by atoms with Gasteiger partial charge in [-0.15, -0.1) is 0 Å². The molecule has 8 nitrogen and oxygen atoms in total. The summed E-state index contributed by atoms with van der Waals surface area (Å²) in [6, 6.07) is 20.1. The van der Waals surface area contributed by atoms with Crippen molar-refractivity contribution in [3.05, 3.63) is 78.4 Å². The normalized spacial score (nSPS) is 9.97. The van der Waals surface area contributed by atoms with E-state index in [1.54, 1.807) is 0 Å². The Balaban J connectivity index is 0.000000447. The quantitative estimate of drug-likeness (QED) is 0.469. The molecule has 0 spiro atoms. The van der Waals surface area contributed by atoms with Gasteiger partial charge in [0.15, 0.2) is 0 Å². The number of nitrogens with zero attached hydrogens (tertiary/aromatic N) is 1. The molecule has 0 aliphatic rings. The number of nitrogens with two attached hydrogens (primary N) is 1. The van der Waals surface area contributed by atoms with Crippen molar-refractivity contribution in [2.24, 2.45) is 5.73 Å². The number of carbonyl (C=O) groups is 3. The monoisotopic (exact) mass is 399 g/mol. The van der Waals surface area contributed by atoms with Crippen LogP contribution in [0.5, 0.6) is 0 Å². The number of rotatable bonds is 9. The van der Waals surface area contributed by atoms with Gasteiger partial charge in [-0.25, -0.2) is 9.59 Å². The minimum absolute atomic E-state index is 0.0137. The van der Waals surface area contributed by atoms with E-state index in [9.17, 15) is 14.4 Å². The molecule has 29 heavy (non-hydrogen) atoms. The van der Waals surface area contributed by atoms with Crippen LogP contribution < -0.4 is 16.0 Å². The Morgan fingerprint density at radius 2 is 1.41 bits per heavy atom. The van der Waals surface area contributed by atoms with E-state index < -0.39 is 11.9 Å². The van der Waals surface area contributed by atoms with Crippen LogP contribution in [0.2, 0.25) is 0 Å². The van der Waals surface area contributed by atoms with E-state index in [2.05, 4.69) is 22.3 Å². The minimum Gasteiger partial charge on any atom is -0.478 e. The molecule has 2 aromatic carbocycles. The minimum atomic E-state index is -1.26. The topological polar surface area (TPSA) is 133 Å². The summed E-state index contributed by atoms with van der Waals surface area (Å²) in [5.41, 5.74) is 7.62. The number of para-hydroxylation sites is 1. The van der Waals surface area contributed by atoms with Crippen LogP contribution in [-0.4, -0.2) is 47.7 Å². The van der Waals surface area contributed by atoms with E-state index in [-0.39, 0.29) is 5.91 Å². The molecule has 0 aliphatic heterocycles. The molecule has 0 atom stereocenters. The van der Waals surface area contributed by atoms with Gasteiger partial charge in [-0.05, 0) is 17.7 Å². The molecule has 0 aliphatic carbocycles. The maximum Gasteiger partial charge on any atom is 0.328 e. The predicted molar refractivity (Wildman–Crippen MR) is 110 cm³/mol. The number of carboxylic acids is 2. The second-order valence-electron chi connectivity index (χ2n) is 5.83. The maximum absolute atomic E-state index is 12.0. The van der Waals surface area contributed by atoms with Crippen LogP contribution in [0.4, 0.5) is 5.69 Å². The van der Waals surface area contributed by atoms with E-state index in [0.717, 1.165) is 5.69 Å². The number of benzene rings is 2. The number of carbonyl (C=O) groups excluding carboxylic acids is 1. The van der Waals surface area contributed by atoms with Gasteiger partial charge in [-0.3, -0.25) is 4.79 Å². The first-order chi connectivity index (χ1) is 13.9. The van der Waals surface area contributed by atoms with Gasteiger partial charge in [-0.2, -0.15) is 0 Å². The highest BCUT2D eigenvalue weighted by atomic mass is 16.4. The van der Waals surface area contributed by atoms with Gasteiger partial charge in [0.1, 0.15) is 0 Å². The van der Waals surface area contributed by atoms with Crippen molar-refractivity contribution >= 4 is 23.5 Å². The molecule has 0 bridgehead atoms. The van der Waals surface area contributed by atoms with Gasteiger partial charge in [0.05, 0.1) is 6.54 Å². The zero-order valence-corrected chi connectivity index (χ0v) is 15.9. The maximum atomic E-state index is 12.0. The molecule has 154 valence electrons. The first-order valence-electron chi connectivity index (χ1n) is 8.87. The van der Waals surface area contributed by atoms with Crippen molar-refractivity contribution in [2.75, 3.05) is 24.5 Å². The Morgan fingerprint density at radius 1 is 0.897 bits per heavy atom. The summed E-state index contributed by atoms with van der Waals surface area (Å²) in [6.07, 6.45) is 1.12. The zero-order valence-electron chi connectivity index (χ0n) is 15.9. The molecule has 0 saturated carbocycles. The van der Waals surface area contributed by atoms with Crippen molar-refractivity contribution in [3.63, 3.8) is 0 Å². The van der Waals surface area contributed by atoms with Gasteiger partial charge in [-0.1, -0.05) is 48.5 Å². The second-order valence-corrected chi connectivity index (χ2v) is 5.83. The van der Waals surface area contributed by atoms with E-state index in [1.165, 1.54) is 5.56 Å². The summed E-state index contributed by atoms with van der Waals surface area (Å²) in [4.78, 5) is 33.1. The molecular formula is C21H25N3O5. The third kappa shape index (κ3) is 10.9. The molecule has 5 N–H and O–H groups in total. The highest BCUT2D eigenvalue weighted by Crippen LogP contribution is 2.16. The zero-order chi connectivity index (χ0) is 21.5. The fourth-order valence-electron chi connectivity index (χ4n) is 2.26. The van der Waals surface area contributed by atoms with Gasteiger partial charge in [0.2, 0.25) is 5.91 Å². The largest absolute Gasteiger partial charge is 0.478 e. The lowest BCUT2D eigenvalue weighted by Gasteiger charge is -2.24. The fourth-order valence-corrected chi connectivity index (χ4v) is 2.26. The average Bonchev–Trinajstić information content (AvgIpc) is 2.72. The predicted octanol–water partition coefficient (Wildman–Crippen LogP) is 1.48. The number of anilines is 1. The first-order valence-corrected chi connectivity index (χ1v) is 8.87. The van der Waals surface area contributed by atoms with E-state index in [0.29, 0.717) is 38.3 Å². The van der Waals surface area contributed by atoms with Gasteiger partial charge < -0.3 is 26.2 Å². The number of nitrogens with one attached hydrogen (secondary N) is 1. The third-order valence-corrected chi connectivity index (χ3v) is 3.51. The van der Waals surface area contributed by atoms with E-state index >= 15 is 0 Å². The lowest BCUT2D eigenvalue weighted by Crippen LogP contribution is -2.38. The average molecular weight is 399 g/mol. The van der Waals surface area contributed by atoms with Gasteiger partial charge in [0, 0.05) is 37.5 Å². The van der Waals surface area contributed by atoms with Crippen molar-refractivity contribution in [3.8, 4) is 0 Å². The third-order valence-electron chi connectivity index (χ3n) is 3.51. The Hall–Kier alpha value is -3.65. The van der Waals surface area contributed by atoms with Crippen LogP contribution in [0.25, 0.3) is 0 Å². The van der Waals surface area contributed by atoms with Crippen LogP contribution in [-0.2, 0) is 20.9 Å². The summed E-state index contributed by atoms with van der Waals surface area (Å²) in [5, 5.41) is 18.4. The SMILES string of the molecule is NCCNC(=O)CN(Cc1ccccc1)c1ccccc1.O=C(O)/C=C/C(=O)O. The molecular weight excluding hydrogens is 374 g/mol. The Kier molecular flexibility index (Phi) is 10.9. The van der Waals surface area contributed by atoms with Crippen LogP contribution in [0.15, 0.2) is 72.8 Å². The van der Waals surface area contributed by atoms with Gasteiger partial charge in [0.25, 0.3) is 0 Å². The van der Waals surface area contributed by atoms with E-state index in [1.807, 2.05) is 48.5 Å². The lowest BCUT2D eigenvalue weighted by atomic mass is 10.2. The Bertz CT molecular complexity index is 778. The van der Waals surface area contributed by atoms with Crippen LogP contribution in [0.1, 0.15) is 5.56 Å². The summed E-state index contributed by atoms with van der Waals surface area (Å²) in [5.74, 6) is -2.53. The number of amides is 1. The summed E-state index contributed by atoms with van der Waals surface area (Å²) >= 11 is 0. The molecule has 0 radical (unpaired) electrons. The molecule has 0 fully saturated rings. The van der Waals surface area contributed by atoms with E-state index in [4.69, 9.17) is 15.9 Å². The highest BCUT2D eigenvalue weighted by molar-refractivity contribution is 5.89. The highest BCUT2D eigenvalue weighted by Gasteiger charge is 2.11. The molecule has 2 rings (SSSR count). The van der Waals surface area contributed by atoms with Crippen LogP contribution >= 0.6 is 0 Å². The lowest BCUT2D eigenvalue weighted by molar-refractivity contribution is -0.134. The number of hydrogen-bond donors (Lipinski definition) is 4. The molecule has 0 unspecified atom stereocenters. The smallest absolute Gasteiger partial charge is 0.328 e. The molecule has 1 amide bonds. The van der Waals surface area contributed by atoms with Gasteiger partial charge >= 0.3 is 11.9 Å².